The van der Waals surface area contributed by atoms with Crippen LogP contribution in [0, 0.1) is 0 Å². The minimum atomic E-state index is 0.529. The van der Waals surface area contributed by atoms with Gasteiger partial charge in [0.25, 0.3) is 0 Å². The highest BCUT2D eigenvalue weighted by Crippen LogP contribution is 2.15. The Labute approximate surface area is 415 Å². The summed E-state index contributed by atoms with van der Waals surface area (Å²) in [6, 6.07) is 0. The largest absolute Gasteiger partial charge is 0.379 e. The molecule has 0 spiro atoms. The smallest absolute Gasteiger partial charge is 0.0701 e. The third-order valence-electron chi connectivity index (χ3n) is 12.0. The van der Waals surface area contributed by atoms with Gasteiger partial charge in [0.1, 0.15) is 0 Å². The number of unbranched alkanes of at least 4 members (excludes halogenated alkanes) is 30. The first-order chi connectivity index (χ1) is 33.4. The van der Waals surface area contributed by atoms with Crippen LogP contribution in [0.1, 0.15) is 219 Å². The van der Waals surface area contributed by atoms with Crippen LogP contribution in [0.25, 0.3) is 0 Å². The lowest BCUT2D eigenvalue weighted by atomic mass is 10.0. The normalized spacial score (nSPS) is 11.7. The molecule has 0 amide bonds. The van der Waals surface area contributed by atoms with Gasteiger partial charge in [-0.15, -0.1) is 0 Å². The van der Waals surface area contributed by atoms with Gasteiger partial charge in [-0.25, -0.2) is 0 Å². The van der Waals surface area contributed by atoms with Crippen LogP contribution >= 0.6 is 0 Å². The maximum Gasteiger partial charge on any atom is 0.0701 e. The summed E-state index contributed by atoms with van der Waals surface area (Å²) < 4.78 is 61.5. The van der Waals surface area contributed by atoms with Crippen molar-refractivity contribution in [3.8, 4) is 0 Å². The zero-order valence-corrected chi connectivity index (χ0v) is 44.7. The molecule has 0 fully saturated rings. The van der Waals surface area contributed by atoms with Crippen LogP contribution in [0.15, 0.2) is 0 Å². The topological polar surface area (TPSA) is 102 Å². The van der Waals surface area contributed by atoms with Crippen molar-refractivity contribution in [2.24, 2.45) is 0 Å². The summed E-state index contributed by atoms with van der Waals surface area (Å²) in [6.07, 6.45) is 44.4. The molecule has 0 bridgehead atoms. The summed E-state index contributed by atoms with van der Waals surface area (Å²) >= 11 is 0. The molecule has 0 aliphatic heterocycles. The fraction of sp³-hybridized carbons (Fsp3) is 1.00. The van der Waals surface area contributed by atoms with Gasteiger partial charge < -0.3 is 52.1 Å². The third-order valence-corrected chi connectivity index (χ3v) is 12.0. The number of hydrogen-bond donors (Lipinski definition) is 0. The molecule has 0 saturated heterocycles. The average Bonchev–Trinajstić information content (AvgIpc) is 3.34. The van der Waals surface area contributed by atoms with Gasteiger partial charge in [0, 0.05) is 13.2 Å². The van der Waals surface area contributed by atoms with Crippen LogP contribution in [-0.4, -0.2) is 145 Å². The lowest BCUT2D eigenvalue weighted by Crippen LogP contribution is -2.15. The Hall–Kier alpha value is -0.440. The van der Waals surface area contributed by atoms with E-state index in [0.29, 0.717) is 132 Å². The number of rotatable bonds is 64. The Balaban J connectivity index is 3.07. The SMILES string of the molecule is CCCCCCCCCCCCCCCCCCOCCOCCOCCOCCOCCOCCOCCOCCOCCOCCOCCCCCCCCCCCCCCCCCC. The first kappa shape index (κ1) is 66.6. The average molecular weight is 964 g/mol. The van der Waals surface area contributed by atoms with Crippen molar-refractivity contribution in [1.29, 1.82) is 0 Å². The van der Waals surface area contributed by atoms with E-state index in [0.717, 1.165) is 26.1 Å². The quantitative estimate of drug-likeness (QED) is 0.0545. The Kier molecular flexibility index (Phi) is 65.1. The van der Waals surface area contributed by atoms with Crippen molar-refractivity contribution in [2.45, 2.75) is 219 Å². The molecule has 0 radical (unpaired) electrons. The van der Waals surface area contributed by atoms with Gasteiger partial charge in [0.05, 0.1) is 132 Å². The highest BCUT2D eigenvalue weighted by molar-refractivity contribution is 4.52. The van der Waals surface area contributed by atoms with Gasteiger partial charge in [0.15, 0.2) is 0 Å². The van der Waals surface area contributed by atoms with Crippen LogP contribution in [-0.2, 0) is 52.1 Å². The van der Waals surface area contributed by atoms with Crippen LogP contribution in [0.4, 0.5) is 0 Å². The van der Waals surface area contributed by atoms with Gasteiger partial charge in [0.2, 0.25) is 0 Å². The van der Waals surface area contributed by atoms with E-state index < -0.39 is 0 Å². The van der Waals surface area contributed by atoms with E-state index in [1.54, 1.807) is 0 Å². The minimum Gasteiger partial charge on any atom is -0.379 e. The van der Waals surface area contributed by atoms with Crippen LogP contribution in [0.5, 0.6) is 0 Å². The highest BCUT2D eigenvalue weighted by atomic mass is 16.6. The molecule has 0 aliphatic carbocycles. The standard InChI is InChI=1S/C56H114O11/c1-3-5-7-9-11-13-15-17-19-21-23-25-27-29-31-33-35-57-37-39-59-41-43-61-45-47-63-49-51-65-53-55-67-56-54-66-52-50-64-48-46-62-44-42-60-40-38-58-36-34-32-30-28-26-24-22-20-18-16-14-12-10-8-6-4-2/h3-56H2,1-2H3. The minimum absolute atomic E-state index is 0.529. The van der Waals surface area contributed by atoms with Crippen LogP contribution < -0.4 is 0 Å². The van der Waals surface area contributed by atoms with Crippen molar-refractivity contribution < 1.29 is 52.1 Å². The fourth-order valence-electron chi connectivity index (χ4n) is 7.81. The molecule has 0 saturated carbocycles. The zero-order chi connectivity index (χ0) is 48.0. The fourth-order valence-corrected chi connectivity index (χ4v) is 7.81. The van der Waals surface area contributed by atoms with E-state index >= 15 is 0 Å². The third kappa shape index (κ3) is 65.6. The molecule has 0 aromatic rings. The van der Waals surface area contributed by atoms with Crippen LogP contribution in [0.2, 0.25) is 0 Å². The maximum atomic E-state index is 5.71. The molecule has 0 aromatic heterocycles. The Morgan fingerprint density at radius 3 is 0.358 bits per heavy atom. The highest BCUT2D eigenvalue weighted by Gasteiger charge is 2.00. The molecule has 0 N–H and O–H groups in total. The van der Waals surface area contributed by atoms with E-state index in [1.165, 1.54) is 193 Å². The summed E-state index contributed by atoms with van der Waals surface area (Å²) in [5.74, 6) is 0. The predicted molar refractivity (Wildman–Crippen MR) is 278 cm³/mol. The molecule has 0 unspecified atom stereocenters. The molecule has 0 atom stereocenters. The molecule has 0 aliphatic rings. The van der Waals surface area contributed by atoms with Gasteiger partial charge in [-0.3, -0.25) is 0 Å². The number of hydrogen-bond acceptors (Lipinski definition) is 11. The molecular weight excluding hydrogens is 849 g/mol. The van der Waals surface area contributed by atoms with Crippen molar-refractivity contribution >= 4 is 0 Å². The molecule has 0 heterocycles. The Morgan fingerprint density at radius 2 is 0.224 bits per heavy atom. The summed E-state index contributed by atoms with van der Waals surface area (Å²) in [4.78, 5) is 0. The summed E-state index contributed by atoms with van der Waals surface area (Å²) in [5.41, 5.74) is 0. The molecule has 0 rings (SSSR count). The molecule has 0 aromatic carbocycles. The first-order valence-corrected chi connectivity index (χ1v) is 28.8. The van der Waals surface area contributed by atoms with Gasteiger partial charge >= 0.3 is 0 Å². The molecule has 11 nitrogen and oxygen atoms in total. The van der Waals surface area contributed by atoms with E-state index in [1.807, 2.05) is 0 Å². The second-order valence-electron chi connectivity index (χ2n) is 18.3. The summed E-state index contributed by atoms with van der Waals surface area (Å²) in [5, 5.41) is 0. The lowest BCUT2D eigenvalue weighted by molar-refractivity contribution is -0.0275. The number of ether oxygens (including phenoxy) is 11. The second kappa shape index (κ2) is 65.6. The summed E-state index contributed by atoms with van der Waals surface area (Å²) in [6.45, 7) is 17.5. The van der Waals surface area contributed by atoms with E-state index in [4.69, 9.17) is 52.1 Å². The second-order valence-corrected chi connectivity index (χ2v) is 18.3. The summed E-state index contributed by atoms with van der Waals surface area (Å²) in [7, 11) is 0. The molecule has 67 heavy (non-hydrogen) atoms. The van der Waals surface area contributed by atoms with Crippen LogP contribution in [0.3, 0.4) is 0 Å². The lowest BCUT2D eigenvalue weighted by Gasteiger charge is -2.09. The van der Waals surface area contributed by atoms with Crippen molar-refractivity contribution in [3.63, 3.8) is 0 Å². The van der Waals surface area contributed by atoms with Crippen molar-refractivity contribution in [2.75, 3.05) is 145 Å². The predicted octanol–water partition coefficient (Wildman–Crippen LogP) is 13.7. The zero-order valence-electron chi connectivity index (χ0n) is 44.7. The first-order valence-electron chi connectivity index (χ1n) is 28.8. The molecular formula is C56H114O11. The Morgan fingerprint density at radius 1 is 0.119 bits per heavy atom. The maximum absolute atomic E-state index is 5.71. The monoisotopic (exact) mass is 963 g/mol. The van der Waals surface area contributed by atoms with Gasteiger partial charge in [-0.1, -0.05) is 206 Å². The van der Waals surface area contributed by atoms with Crippen molar-refractivity contribution in [3.05, 3.63) is 0 Å². The molecule has 404 valence electrons. The van der Waals surface area contributed by atoms with Crippen molar-refractivity contribution in [1.82, 2.24) is 0 Å². The van der Waals surface area contributed by atoms with Gasteiger partial charge in [-0.05, 0) is 12.8 Å². The Bertz CT molecular complexity index is 762. The van der Waals surface area contributed by atoms with E-state index in [2.05, 4.69) is 13.8 Å². The molecule has 11 heteroatoms. The van der Waals surface area contributed by atoms with E-state index in [9.17, 15) is 0 Å². The van der Waals surface area contributed by atoms with E-state index in [-0.39, 0.29) is 0 Å². The van der Waals surface area contributed by atoms with Gasteiger partial charge in [-0.2, -0.15) is 0 Å².